The van der Waals surface area contributed by atoms with Gasteiger partial charge in [-0.05, 0) is 36.4 Å². The second-order valence-electron chi connectivity index (χ2n) is 3.47. The lowest BCUT2D eigenvalue weighted by atomic mass is 10.3. The maximum Gasteiger partial charge on any atom is 0.298 e. The average Bonchev–Trinajstić information content (AvgIpc) is 2.40. The van der Waals surface area contributed by atoms with Gasteiger partial charge in [0.15, 0.2) is 5.75 Å². The number of anilines is 1. The van der Waals surface area contributed by atoms with Crippen molar-refractivity contribution in [1.82, 2.24) is 0 Å². The van der Waals surface area contributed by atoms with E-state index >= 15 is 0 Å². The second kappa shape index (κ2) is 5.58. The van der Waals surface area contributed by atoms with E-state index in [1.807, 2.05) is 0 Å². The number of para-hydroxylation sites is 1. The van der Waals surface area contributed by atoms with Crippen LogP contribution in [0.3, 0.4) is 0 Å². The van der Waals surface area contributed by atoms with E-state index in [-0.39, 0.29) is 0 Å². The van der Waals surface area contributed by atoms with Gasteiger partial charge in [-0.15, -0.1) is 5.11 Å². The number of nitrogens with two attached hydrogens (primary N) is 1. The Labute approximate surface area is 104 Å². The SMILES string of the molecule is Nc1ccc(N=Nc2ccccc2OC=O)cc1. The quantitative estimate of drug-likeness (QED) is 0.507. The molecule has 0 unspecified atom stereocenters. The van der Waals surface area contributed by atoms with Gasteiger partial charge in [0, 0.05) is 5.69 Å². The van der Waals surface area contributed by atoms with Crippen LogP contribution in [0.4, 0.5) is 17.1 Å². The summed E-state index contributed by atoms with van der Waals surface area (Å²) in [6, 6.07) is 13.9. The molecule has 5 nitrogen and oxygen atoms in total. The van der Waals surface area contributed by atoms with Crippen molar-refractivity contribution in [1.29, 1.82) is 0 Å². The normalized spacial score (nSPS) is 10.4. The molecule has 0 saturated heterocycles. The Morgan fingerprint density at radius 1 is 1.00 bits per heavy atom. The van der Waals surface area contributed by atoms with Gasteiger partial charge in [-0.25, -0.2) is 0 Å². The van der Waals surface area contributed by atoms with Crippen molar-refractivity contribution in [3.8, 4) is 5.75 Å². The number of nitrogens with zero attached hydrogens (tertiary/aromatic N) is 2. The Morgan fingerprint density at radius 3 is 2.44 bits per heavy atom. The highest BCUT2D eigenvalue weighted by molar-refractivity contribution is 5.57. The van der Waals surface area contributed by atoms with Gasteiger partial charge < -0.3 is 10.5 Å². The molecule has 2 N–H and O–H groups in total. The van der Waals surface area contributed by atoms with E-state index in [0.29, 0.717) is 29.3 Å². The topological polar surface area (TPSA) is 77.0 Å². The molecule has 0 aliphatic rings. The van der Waals surface area contributed by atoms with Crippen molar-refractivity contribution in [2.75, 3.05) is 5.73 Å². The predicted molar refractivity (Wildman–Crippen MR) is 68.2 cm³/mol. The smallest absolute Gasteiger partial charge is 0.298 e. The van der Waals surface area contributed by atoms with Gasteiger partial charge >= 0.3 is 0 Å². The maximum absolute atomic E-state index is 10.3. The fraction of sp³-hybridized carbons (Fsp3) is 0. The van der Waals surface area contributed by atoms with Crippen LogP contribution in [0.5, 0.6) is 5.75 Å². The lowest BCUT2D eigenvalue weighted by Gasteiger charge is -2.00. The van der Waals surface area contributed by atoms with E-state index in [1.54, 1.807) is 48.5 Å². The van der Waals surface area contributed by atoms with Gasteiger partial charge in [-0.3, -0.25) is 4.79 Å². The first kappa shape index (κ1) is 11.8. The Bertz CT molecular complexity index is 565. The van der Waals surface area contributed by atoms with Crippen molar-refractivity contribution in [2.24, 2.45) is 10.2 Å². The van der Waals surface area contributed by atoms with E-state index in [9.17, 15) is 4.79 Å². The summed E-state index contributed by atoms with van der Waals surface area (Å²) in [6.45, 7) is 0.359. The van der Waals surface area contributed by atoms with E-state index in [2.05, 4.69) is 10.2 Å². The summed E-state index contributed by atoms with van der Waals surface area (Å²) in [7, 11) is 0. The van der Waals surface area contributed by atoms with E-state index in [0.717, 1.165) is 0 Å². The molecule has 2 aromatic rings. The Morgan fingerprint density at radius 2 is 1.72 bits per heavy atom. The molecule has 90 valence electrons. The van der Waals surface area contributed by atoms with E-state index in [1.165, 1.54) is 0 Å². The van der Waals surface area contributed by atoms with E-state index in [4.69, 9.17) is 10.5 Å². The lowest BCUT2D eigenvalue weighted by Crippen LogP contribution is -1.87. The summed E-state index contributed by atoms with van der Waals surface area (Å²) in [5.41, 5.74) is 7.39. The van der Waals surface area contributed by atoms with Crippen LogP contribution in [0, 0.1) is 0 Å². The average molecular weight is 241 g/mol. The molecule has 0 heterocycles. The third kappa shape index (κ3) is 2.91. The molecule has 18 heavy (non-hydrogen) atoms. The minimum absolute atomic E-state index is 0.359. The number of benzene rings is 2. The number of azo groups is 1. The highest BCUT2D eigenvalue weighted by atomic mass is 16.5. The van der Waals surface area contributed by atoms with Crippen LogP contribution in [0.1, 0.15) is 0 Å². The number of hydrogen-bond donors (Lipinski definition) is 1. The zero-order chi connectivity index (χ0) is 12.8. The van der Waals surface area contributed by atoms with Gasteiger partial charge in [0.05, 0.1) is 5.69 Å². The number of ether oxygens (including phenoxy) is 1. The lowest BCUT2D eigenvalue weighted by molar-refractivity contribution is -0.120. The first-order valence-electron chi connectivity index (χ1n) is 5.26. The molecule has 0 amide bonds. The van der Waals surface area contributed by atoms with Gasteiger partial charge in [0.2, 0.25) is 0 Å². The molecule has 0 atom stereocenters. The van der Waals surface area contributed by atoms with Gasteiger partial charge in [-0.1, -0.05) is 12.1 Å². The third-order valence-electron chi connectivity index (χ3n) is 2.21. The zero-order valence-corrected chi connectivity index (χ0v) is 9.48. The molecular formula is C13H11N3O2. The summed E-state index contributed by atoms with van der Waals surface area (Å²) in [5, 5.41) is 8.06. The minimum Gasteiger partial charge on any atom is -0.426 e. The fourth-order valence-corrected chi connectivity index (χ4v) is 1.34. The molecular weight excluding hydrogens is 230 g/mol. The van der Waals surface area contributed by atoms with Crippen LogP contribution in [0.15, 0.2) is 58.8 Å². The molecule has 2 rings (SSSR count). The van der Waals surface area contributed by atoms with Gasteiger partial charge in [0.25, 0.3) is 6.47 Å². The maximum atomic E-state index is 10.3. The zero-order valence-electron chi connectivity index (χ0n) is 9.48. The van der Waals surface area contributed by atoms with Crippen LogP contribution >= 0.6 is 0 Å². The number of carbonyl (C=O) groups excluding carboxylic acids is 1. The number of carbonyl (C=O) groups is 1. The fourth-order valence-electron chi connectivity index (χ4n) is 1.34. The number of nitrogen functional groups attached to an aromatic ring is 1. The van der Waals surface area contributed by atoms with Crippen molar-refractivity contribution in [2.45, 2.75) is 0 Å². The molecule has 2 aromatic carbocycles. The molecule has 5 heteroatoms. The molecule has 0 aliphatic carbocycles. The highest BCUT2D eigenvalue weighted by Crippen LogP contribution is 2.28. The standard InChI is InChI=1S/C13H11N3O2/c14-10-5-7-11(8-6-10)15-16-12-3-1-2-4-13(12)18-9-17/h1-9H,14H2. The second-order valence-corrected chi connectivity index (χ2v) is 3.47. The molecule has 0 spiro atoms. The Hall–Kier alpha value is -2.69. The first-order valence-corrected chi connectivity index (χ1v) is 5.26. The predicted octanol–water partition coefficient (Wildman–Crippen LogP) is 3.22. The summed E-state index contributed by atoms with van der Waals surface area (Å²) >= 11 is 0. The summed E-state index contributed by atoms with van der Waals surface area (Å²) in [6.07, 6.45) is 0. The van der Waals surface area contributed by atoms with Crippen molar-refractivity contribution < 1.29 is 9.53 Å². The van der Waals surface area contributed by atoms with Gasteiger partial charge in [-0.2, -0.15) is 5.11 Å². The largest absolute Gasteiger partial charge is 0.426 e. The van der Waals surface area contributed by atoms with Crippen molar-refractivity contribution >= 4 is 23.5 Å². The minimum atomic E-state index is 0.359. The van der Waals surface area contributed by atoms with Crippen LogP contribution in [-0.4, -0.2) is 6.47 Å². The summed E-state index contributed by atoms with van der Waals surface area (Å²) in [4.78, 5) is 10.3. The van der Waals surface area contributed by atoms with Crippen molar-refractivity contribution in [3.05, 3.63) is 48.5 Å². The highest BCUT2D eigenvalue weighted by Gasteiger charge is 2.00. The molecule has 0 bridgehead atoms. The molecule has 0 fully saturated rings. The van der Waals surface area contributed by atoms with Crippen LogP contribution in [0.25, 0.3) is 0 Å². The Balaban J connectivity index is 2.22. The molecule has 0 aromatic heterocycles. The van der Waals surface area contributed by atoms with Crippen LogP contribution in [-0.2, 0) is 4.79 Å². The number of rotatable bonds is 4. The molecule has 0 aliphatic heterocycles. The first-order chi connectivity index (χ1) is 8.79. The van der Waals surface area contributed by atoms with Crippen LogP contribution in [0.2, 0.25) is 0 Å². The van der Waals surface area contributed by atoms with E-state index < -0.39 is 0 Å². The van der Waals surface area contributed by atoms with Crippen molar-refractivity contribution in [3.63, 3.8) is 0 Å². The van der Waals surface area contributed by atoms with Crippen LogP contribution < -0.4 is 10.5 Å². The molecule has 0 radical (unpaired) electrons. The summed E-state index contributed by atoms with van der Waals surface area (Å²) in [5.74, 6) is 0.367. The monoisotopic (exact) mass is 241 g/mol. The number of hydrogen-bond acceptors (Lipinski definition) is 5. The Kier molecular flexibility index (Phi) is 3.66. The molecule has 0 saturated carbocycles. The van der Waals surface area contributed by atoms with Gasteiger partial charge in [0.1, 0.15) is 5.69 Å². The summed E-state index contributed by atoms with van der Waals surface area (Å²) < 4.78 is 4.79. The third-order valence-corrected chi connectivity index (χ3v) is 2.21.